The fourth-order valence-electron chi connectivity index (χ4n) is 3.81. The Morgan fingerprint density at radius 1 is 1.00 bits per heavy atom. The molecule has 3 heterocycles. The largest absolute Gasteiger partial charge is 0.368 e. The number of hydrogen-bond donors (Lipinski definition) is 0. The van der Waals surface area contributed by atoms with Gasteiger partial charge in [-0.25, -0.2) is 0 Å². The van der Waals surface area contributed by atoms with Crippen molar-refractivity contribution < 1.29 is 9.59 Å². The van der Waals surface area contributed by atoms with Gasteiger partial charge in [-0.15, -0.1) is 0 Å². The van der Waals surface area contributed by atoms with Crippen molar-refractivity contribution in [2.75, 3.05) is 44.2 Å². The molecule has 2 aliphatic heterocycles. The quantitative estimate of drug-likeness (QED) is 0.818. The van der Waals surface area contributed by atoms with Gasteiger partial charge in [-0.1, -0.05) is 18.2 Å². The van der Waals surface area contributed by atoms with Crippen LogP contribution < -0.4 is 4.90 Å². The van der Waals surface area contributed by atoms with Crippen molar-refractivity contribution >= 4 is 17.5 Å². The highest BCUT2D eigenvalue weighted by Gasteiger charge is 2.39. The van der Waals surface area contributed by atoms with Crippen molar-refractivity contribution in [3.05, 3.63) is 48.3 Å². The number of piperazine rings is 1. The van der Waals surface area contributed by atoms with E-state index in [0.717, 1.165) is 26.2 Å². The van der Waals surface area contributed by atoms with Crippen LogP contribution >= 0.6 is 0 Å². The second-order valence-electron chi connectivity index (χ2n) is 7.09. The first-order valence-corrected chi connectivity index (χ1v) is 9.57. The van der Waals surface area contributed by atoms with Crippen molar-refractivity contribution in [2.45, 2.75) is 13.5 Å². The molecule has 0 atom stereocenters. The van der Waals surface area contributed by atoms with Crippen LogP contribution in [-0.4, -0.2) is 70.7 Å². The maximum absolute atomic E-state index is 12.8. The summed E-state index contributed by atoms with van der Waals surface area (Å²) in [6, 6.07) is 12.0. The third-order valence-corrected chi connectivity index (χ3v) is 5.47. The van der Waals surface area contributed by atoms with E-state index >= 15 is 0 Å². The molecule has 0 unspecified atom stereocenters. The number of para-hydroxylation sites is 1. The number of carbonyl (C=O) groups excluding carboxylic acids is 2. The average molecular weight is 367 g/mol. The summed E-state index contributed by atoms with van der Waals surface area (Å²) in [5.41, 5.74) is 1.80. The molecule has 27 heavy (non-hydrogen) atoms. The van der Waals surface area contributed by atoms with Crippen LogP contribution in [0.4, 0.5) is 5.69 Å². The van der Waals surface area contributed by atoms with E-state index in [1.165, 1.54) is 5.69 Å². The van der Waals surface area contributed by atoms with Gasteiger partial charge in [-0.05, 0) is 25.1 Å². The summed E-state index contributed by atoms with van der Waals surface area (Å²) in [6.45, 7) is 6.80. The number of likely N-dealkylation sites (tertiary alicyclic amines) is 1. The van der Waals surface area contributed by atoms with Gasteiger partial charge < -0.3 is 14.7 Å². The molecule has 0 bridgehead atoms. The fraction of sp³-hybridized carbons (Fsp3) is 0.450. The normalized spacial score (nSPS) is 17.7. The van der Waals surface area contributed by atoms with Crippen molar-refractivity contribution in [1.82, 2.24) is 19.6 Å². The smallest absolute Gasteiger partial charge is 0.272 e. The van der Waals surface area contributed by atoms with Gasteiger partial charge in [0, 0.05) is 57.7 Å². The van der Waals surface area contributed by atoms with E-state index in [4.69, 9.17) is 0 Å². The zero-order valence-electron chi connectivity index (χ0n) is 15.6. The Labute approximate surface area is 159 Å². The van der Waals surface area contributed by atoms with Gasteiger partial charge >= 0.3 is 0 Å². The van der Waals surface area contributed by atoms with E-state index in [1.54, 1.807) is 21.8 Å². The summed E-state index contributed by atoms with van der Waals surface area (Å²) in [4.78, 5) is 31.3. The molecule has 0 aliphatic carbocycles. The van der Waals surface area contributed by atoms with Crippen molar-refractivity contribution in [3.63, 3.8) is 0 Å². The Balaban J connectivity index is 1.28. The zero-order valence-corrected chi connectivity index (χ0v) is 15.6. The lowest BCUT2D eigenvalue weighted by Gasteiger charge is -2.43. The van der Waals surface area contributed by atoms with Gasteiger partial charge in [-0.3, -0.25) is 14.3 Å². The van der Waals surface area contributed by atoms with Gasteiger partial charge in [0.05, 0.1) is 5.92 Å². The molecule has 0 N–H and O–H groups in total. The number of aromatic nitrogens is 2. The molecule has 2 saturated heterocycles. The molecule has 142 valence electrons. The summed E-state index contributed by atoms with van der Waals surface area (Å²) in [5.74, 6) is 0.0679. The summed E-state index contributed by atoms with van der Waals surface area (Å²) in [6.07, 6.45) is 1.64. The van der Waals surface area contributed by atoms with Crippen LogP contribution in [0.15, 0.2) is 42.6 Å². The number of aryl methyl sites for hydroxylation is 1. The maximum atomic E-state index is 12.8. The van der Waals surface area contributed by atoms with E-state index in [-0.39, 0.29) is 17.7 Å². The molecule has 0 spiro atoms. The Bertz CT molecular complexity index is 805. The lowest BCUT2D eigenvalue weighted by molar-refractivity contribution is -0.140. The standard InChI is InChI=1S/C20H25N5O2/c1-2-25-18(8-9-21-25)20(27)24-14-16(15-24)19(26)23-12-10-22(11-13-23)17-6-4-3-5-7-17/h3-9,16H,2,10-15H2,1H3. The first-order valence-electron chi connectivity index (χ1n) is 9.57. The topological polar surface area (TPSA) is 61.7 Å². The van der Waals surface area contributed by atoms with Crippen molar-refractivity contribution in [2.24, 2.45) is 5.92 Å². The number of benzene rings is 1. The molecular formula is C20H25N5O2. The second kappa shape index (κ2) is 7.42. The Morgan fingerprint density at radius 3 is 2.37 bits per heavy atom. The van der Waals surface area contributed by atoms with Crippen LogP contribution in [0.3, 0.4) is 0 Å². The summed E-state index contributed by atoms with van der Waals surface area (Å²) in [5, 5.41) is 4.15. The Morgan fingerprint density at radius 2 is 1.70 bits per heavy atom. The molecule has 4 rings (SSSR count). The van der Waals surface area contributed by atoms with E-state index < -0.39 is 0 Å². The average Bonchev–Trinajstić information content (AvgIpc) is 3.16. The second-order valence-corrected chi connectivity index (χ2v) is 7.09. The molecule has 0 radical (unpaired) electrons. The van der Waals surface area contributed by atoms with Gasteiger partial charge in [-0.2, -0.15) is 5.10 Å². The molecule has 2 amide bonds. The van der Waals surface area contributed by atoms with E-state index in [1.807, 2.05) is 30.0 Å². The van der Waals surface area contributed by atoms with Gasteiger partial charge in [0.2, 0.25) is 5.91 Å². The van der Waals surface area contributed by atoms with Crippen LogP contribution in [0.25, 0.3) is 0 Å². The van der Waals surface area contributed by atoms with Crippen LogP contribution in [0.1, 0.15) is 17.4 Å². The van der Waals surface area contributed by atoms with Crippen LogP contribution in [0.2, 0.25) is 0 Å². The summed E-state index contributed by atoms with van der Waals surface area (Å²) in [7, 11) is 0. The molecule has 2 aliphatic rings. The molecule has 1 aromatic carbocycles. The Kier molecular flexibility index (Phi) is 4.83. The van der Waals surface area contributed by atoms with Crippen LogP contribution in [0, 0.1) is 5.92 Å². The van der Waals surface area contributed by atoms with Crippen molar-refractivity contribution in [3.8, 4) is 0 Å². The molecule has 0 saturated carbocycles. The molecule has 2 aromatic rings. The zero-order chi connectivity index (χ0) is 18.8. The lowest BCUT2D eigenvalue weighted by Crippen LogP contribution is -2.59. The third-order valence-electron chi connectivity index (χ3n) is 5.47. The minimum atomic E-state index is -0.0739. The number of hydrogen-bond acceptors (Lipinski definition) is 4. The number of nitrogens with zero attached hydrogens (tertiary/aromatic N) is 5. The van der Waals surface area contributed by atoms with Gasteiger partial charge in [0.1, 0.15) is 5.69 Å². The molecule has 1 aromatic heterocycles. The minimum Gasteiger partial charge on any atom is -0.368 e. The van der Waals surface area contributed by atoms with E-state index in [2.05, 4.69) is 22.1 Å². The van der Waals surface area contributed by atoms with E-state index in [0.29, 0.717) is 25.3 Å². The number of amides is 2. The van der Waals surface area contributed by atoms with Gasteiger partial charge in [0.15, 0.2) is 0 Å². The SMILES string of the molecule is CCn1nccc1C(=O)N1CC(C(=O)N2CCN(c3ccccc3)CC2)C1. The highest BCUT2D eigenvalue weighted by Crippen LogP contribution is 2.22. The monoisotopic (exact) mass is 367 g/mol. The predicted octanol–water partition coefficient (Wildman–Crippen LogP) is 1.32. The lowest BCUT2D eigenvalue weighted by atomic mass is 9.97. The number of rotatable bonds is 4. The fourth-order valence-corrected chi connectivity index (χ4v) is 3.81. The molecule has 7 nitrogen and oxygen atoms in total. The van der Waals surface area contributed by atoms with Gasteiger partial charge in [0.25, 0.3) is 5.91 Å². The minimum absolute atomic E-state index is 0.0349. The molecular weight excluding hydrogens is 342 g/mol. The third kappa shape index (κ3) is 3.41. The van der Waals surface area contributed by atoms with Crippen LogP contribution in [-0.2, 0) is 11.3 Å². The summed E-state index contributed by atoms with van der Waals surface area (Å²) >= 11 is 0. The maximum Gasteiger partial charge on any atom is 0.272 e. The predicted molar refractivity (Wildman–Crippen MR) is 103 cm³/mol. The van der Waals surface area contributed by atoms with Crippen molar-refractivity contribution in [1.29, 1.82) is 0 Å². The number of carbonyl (C=O) groups is 2. The van der Waals surface area contributed by atoms with E-state index in [9.17, 15) is 9.59 Å². The summed E-state index contributed by atoms with van der Waals surface area (Å²) < 4.78 is 1.69. The first kappa shape index (κ1) is 17.6. The molecule has 7 heteroatoms. The number of anilines is 1. The highest BCUT2D eigenvalue weighted by atomic mass is 16.2. The Hall–Kier alpha value is -2.83. The van der Waals surface area contributed by atoms with Crippen LogP contribution in [0.5, 0.6) is 0 Å². The molecule has 2 fully saturated rings. The highest BCUT2D eigenvalue weighted by molar-refractivity contribution is 5.94. The first-order chi connectivity index (χ1) is 13.2.